The molecule has 3 rings (SSSR count). The number of hydrogen-bond acceptors (Lipinski definition) is 4. The molecule has 1 aromatic rings. The Bertz CT molecular complexity index is 835. The van der Waals surface area contributed by atoms with Gasteiger partial charge in [0.1, 0.15) is 0 Å². The van der Waals surface area contributed by atoms with E-state index in [-0.39, 0.29) is 36.3 Å². The number of nitrogens with zero attached hydrogens (tertiary/aromatic N) is 3. The van der Waals surface area contributed by atoms with Gasteiger partial charge in [0.15, 0.2) is 0 Å². The van der Waals surface area contributed by atoms with Gasteiger partial charge in [-0.2, -0.15) is 0 Å². The van der Waals surface area contributed by atoms with Crippen LogP contribution in [-0.2, 0) is 9.59 Å². The molecule has 8 nitrogen and oxygen atoms in total. The molecule has 9 heteroatoms. The fraction of sp³-hybridized carbons (Fsp3) is 0.609. The summed E-state index contributed by atoms with van der Waals surface area (Å²) >= 11 is 6.34. The van der Waals surface area contributed by atoms with Gasteiger partial charge in [0.05, 0.1) is 17.3 Å². The summed E-state index contributed by atoms with van der Waals surface area (Å²) in [7, 11) is 0. The predicted octanol–water partition coefficient (Wildman–Crippen LogP) is 3.17. The zero-order valence-corrected chi connectivity index (χ0v) is 20.0. The molecule has 1 saturated heterocycles. The summed E-state index contributed by atoms with van der Waals surface area (Å²) < 4.78 is 0. The third kappa shape index (κ3) is 6.51. The first-order valence-electron chi connectivity index (χ1n) is 11.5. The van der Waals surface area contributed by atoms with Gasteiger partial charge in [-0.3, -0.25) is 9.59 Å². The first-order valence-corrected chi connectivity index (χ1v) is 11.8. The second-order valence-corrected chi connectivity index (χ2v) is 9.23. The van der Waals surface area contributed by atoms with Crippen molar-refractivity contribution in [2.75, 3.05) is 49.5 Å². The van der Waals surface area contributed by atoms with Crippen LogP contribution >= 0.6 is 11.6 Å². The molecule has 0 radical (unpaired) electrons. The first kappa shape index (κ1) is 24.2. The van der Waals surface area contributed by atoms with Crippen LogP contribution < -0.4 is 15.5 Å². The highest BCUT2D eigenvalue weighted by molar-refractivity contribution is 6.33. The Hall–Kier alpha value is -2.48. The average molecular weight is 464 g/mol. The number of halogens is 1. The van der Waals surface area contributed by atoms with Crippen molar-refractivity contribution in [3.8, 4) is 0 Å². The molecule has 1 aliphatic carbocycles. The molecular weight excluding hydrogens is 430 g/mol. The molecule has 0 aromatic heterocycles. The zero-order valence-electron chi connectivity index (χ0n) is 19.2. The minimum atomic E-state index is -0.248. The van der Waals surface area contributed by atoms with Crippen LogP contribution in [0.15, 0.2) is 18.2 Å². The fourth-order valence-electron chi connectivity index (χ4n) is 3.80. The van der Waals surface area contributed by atoms with E-state index in [0.717, 1.165) is 24.9 Å². The lowest BCUT2D eigenvalue weighted by Crippen LogP contribution is -2.52. The molecular formula is C23H34ClN5O3. The number of carbonyl (C=O) groups is 3. The second-order valence-electron chi connectivity index (χ2n) is 8.82. The maximum absolute atomic E-state index is 12.7. The maximum atomic E-state index is 12.7. The molecule has 2 fully saturated rings. The van der Waals surface area contributed by atoms with Gasteiger partial charge < -0.3 is 25.3 Å². The Kier molecular flexibility index (Phi) is 8.23. The van der Waals surface area contributed by atoms with Gasteiger partial charge in [0.25, 0.3) is 0 Å². The minimum absolute atomic E-state index is 0.0351. The van der Waals surface area contributed by atoms with Crippen molar-refractivity contribution < 1.29 is 14.4 Å². The van der Waals surface area contributed by atoms with E-state index in [1.54, 1.807) is 11.0 Å². The van der Waals surface area contributed by atoms with E-state index in [1.165, 1.54) is 0 Å². The maximum Gasteiger partial charge on any atom is 0.317 e. The van der Waals surface area contributed by atoms with E-state index < -0.39 is 0 Å². The first-order chi connectivity index (χ1) is 15.3. The molecule has 0 atom stereocenters. The SMILES string of the molecule is CCCN(CC(=O)Nc1cc(N2CCN(C(=O)NC(C)C)CC2)ccc1Cl)C(=O)C1CC1. The average Bonchev–Trinajstić information content (AvgIpc) is 3.59. The summed E-state index contributed by atoms with van der Waals surface area (Å²) in [5, 5.41) is 6.25. The fourth-order valence-corrected chi connectivity index (χ4v) is 3.97. The van der Waals surface area contributed by atoms with Crippen LogP contribution in [0.2, 0.25) is 5.02 Å². The number of urea groups is 1. The van der Waals surface area contributed by atoms with Crippen LogP contribution in [0.1, 0.15) is 40.0 Å². The Morgan fingerprint density at radius 1 is 1.16 bits per heavy atom. The van der Waals surface area contributed by atoms with Gasteiger partial charge in [-0.05, 0) is 51.3 Å². The highest BCUT2D eigenvalue weighted by atomic mass is 35.5. The minimum Gasteiger partial charge on any atom is -0.368 e. The summed E-state index contributed by atoms with van der Waals surface area (Å²) in [5.41, 5.74) is 1.47. The van der Waals surface area contributed by atoms with E-state index in [0.29, 0.717) is 43.4 Å². The molecule has 1 heterocycles. The predicted molar refractivity (Wildman–Crippen MR) is 127 cm³/mol. The van der Waals surface area contributed by atoms with Gasteiger partial charge in [-0.15, -0.1) is 0 Å². The van der Waals surface area contributed by atoms with E-state index in [1.807, 2.05) is 37.8 Å². The largest absolute Gasteiger partial charge is 0.368 e. The Labute approximate surface area is 195 Å². The van der Waals surface area contributed by atoms with Crippen molar-refractivity contribution in [2.45, 2.75) is 46.1 Å². The van der Waals surface area contributed by atoms with Gasteiger partial charge in [-0.1, -0.05) is 18.5 Å². The number of carbonyl (C=O) groups excluding carboxylic acids is 3. The van der Waals surface area contributed by atoms with Gasteiger partial charge in [-0.25, -0.2) is 4.79 Å². The van der Waals surface area contributed by atoms with Gasteiger partial charge in [0, 0.05) is 50.4 Å². The molecule has 176 valence electrons. The molecule has 32 heavy (non-hydrogen) atoms. The molecule has 2 N–H and O–H groups in total. The van der Waals surface area contributed by atoms with E-state index in [2.05, 4.69) is 15.5 Å². The van der Waals surface area contributed by atoms with Crippen LogP contribution in [0.5, 0.6) is 0 Å². The highest BCUT2D eigenvalue weighted by Gasteiger charge is 2.33. The number of piperazine rings is 1. The second kappa shape index (κ2) is 10.9. The number of hydrogen-bond donors (Lipinski definition) is 2. The number of benzene rings is 1. The zero-order chi connectivity index (χ0) is 23.3. The van der Waals surface area contributed by atoms with Crippen molar-refractivity contribution in [3.05, 3.63) is 23.2 Å². The lowest BCUT2D eigenvalue weighted by Gasteiger charge is -2.36. The number of nitrogens with one attached hydrogen (secondary N) is 2. The molecule has 1 saturated carbocycles. The molecule has 2 aliphatic rings. The van der Waals surface area contributed by atoms with Crippen molar-refractivity contribution in [1.29, 1.82) is 0 Å². The monoisotopic (exact) mass is 463 g/mol. The number of rotatable bonds is 8. The van der Waals surface area contributed by atoms with E-state index in [9.17, 15) is 14.4 Å². The Morgan fingerprint density at radius 3 is 2.44 bits per heavy atom. The summed E-state index contributed by atoms with van der Waals surface area (Å²) in [6.07, 6.45) is 2.64. The van der Waals surface area contributed by atoms with E-state index >= 15 is 0 Å². The summed E-state index contributed by atoms with van der Waals surface area (Å²) in [6, 6.07) is 5.61. The lowest BCUT2D eigenvalue weighted by molar-refractivity contribution is -0.135. The summed E-state index contributed by atoms with van der Waals surface area (Å²) in [4.78, 5) is 42.9. The molecule has 1 aromatic carbocycles. The molecule has 4 amide bonds. The van der Waals surface area contributed by atoms with Crippen molar-refractivity contribution in [3.63, 3.8) is 0 Å². The van der Waals surface area contributed by atoms with E-state index in [4.69, 9.17) is 11.6 Å². The van der Waals surface area contributed by atoms with Crippen molar-refractivity contribution in [1.82, 2.24) is 15.1 Å². The Balaban J connectivity index is 1.59. The summed E-state index contributed by atoms with van der Waals surface area (Å²) in [6.45, 7) is 9.13. The smallest absolute Gasteiger partial charge is 0.317 e. The van der Waals surface area contributed by atoms with Crippen LogP contribution in [-0.4, -0.2) is 73.0 Å². The third-order valence-electron chi connectivity index (χ3n) is 5.63. The topological polar surface area (TPSA) is 85.0 Å². The highest BCUT2D eigenvalue weighted by Crippen LogP contribution is 2.31. The quantitative estimate of drug-likeness (QED) is 0.620. The van der Waals surface area contributed by atoms with Crippen LogP contribution in [0, 0.1) is 5.92 Å². The standard InChI is InChI=1S/C23H34ClN5O3/c1-4-9-29(22(31)17-5-6-17)15-21(30)26-20-14-18(7-8-19(20)24)27-10-12-28(13-11-27)23(32)25-16(2)3/h7-8,14,16-17H,4-6,9-13,15H2,1-3H3,(H,25,32)(H,26,30). The molecule has 1 aliphatic heterocycles. The number of anilines is 2. The normalized spacial score (nSPS) is 16.2. The van der Waals surface area contributed by atoms with Crippen molar-refractivity contribution >= 4 is 40.8 Å². The Morgan fingerprint density at radius 2 is 1.84 bits per heavy atom. The number of amides is 4. The summed E-state index contributed by atoms with van der Waals surface area (Å²) in [5.74, 6) is -0.0922. The van der Waals surface area contributed by atoms with Crippen LogP contribution in [0.3, 0.4) is 0 Å². The molecule has 0 bridgehead atoms. The van der Waals surface area contributed by atoms with Gasteiger partial charge >= 0.3 is 6.03 Å². The lowest BCUT2D eigenvalue weighted by atomic mass is 10.2. The van der Waals surface area contributed by atoms with Gasteiger partial charge in [0.2, 0.25) is 11.8 Å². The molecule has 0 spiro atoms. The van der Waals surface area contributed by atoms with Crippen LogP contribution in [0.4, 0.5) is 16.2 Å². The third-order valence-corrected chi connectivity index (χ3v) is 5.96. The van der Waals surface area contributed by atoms with Crippen molar-refractivity contribution in [2.24, 2.45) is 5.92 Å². The molecule has 0 unspecified atom stereocenters. The van der Waals surface area contributed by atoms with Crippen LogP contribution in [0.25, 0.3) is 0 Å².